The lowest BCUT2D eigenvalue weighted by Crippen LogP contribution is -2.15. The molecule has 1 aliphatic rings. The van der Waals surface area contributed by atoms with E-state index in [2.05, 4.69) is 20.5 Å². The molecule has 0 unspecified atom stereocenters. The Hall–Kier alpha value is -2.76. The number of aromatic nitrogens is 3. The van der Waals surface area contributed by atoms with Crippen molar-refractivity contribution in [3.05, 3.63) is 42.4 Å². The molecule has 6 nitrogen and oxygen atoms in total. The van der Waals surface area contributed by atoms with Gasteiger partial charge in [-0.3, -0.25) is 5.10 Å². The number of rotatable bonds is 3. The Kier molecular flexibility index (Phi) is 2.85. The summed E-state index contributed by atoms with van der Waals surface area (Å²) in [4.78, 5) is 4.41. The van der Waals surface area contributed by atoms with E-state index in [4.69, 9.17) is 9.47 Å². The molecular formula is C15H14N4O2. The minimum Gasteiger partial charge on any atom is -0.486 e. The van der Waals surface area contributed by atoms with Crippen LogP contribution in [0, 0.1) is 0 Å². The van der Waals surface area contributed by atoms with Gasteiger partial charge in [-0.25, -0.2) is 4.98 Å². The molecule has 0 saturated heterocycles. The summed E-state index contributed by atoms with van der Waals surface area (Å²) in [5.41, 5.74) is 1.01. The minimum absolute atomic E-state index is 0.579. The third-order valence-electron chi connectivity index (χ3n) is 3.43. The molecule has 6 heteroatoms. The van der Waals surface area contributed by atoms with Gasteiger partial charge in [-0.1, -0.05) is 0 Å². The molecule has 2 N–H and O–H groups in total. The molecule has 1 aromatic carbocycles. The Morgan fingerprint density at radius 3 is 2.76 bits per heavy atom. The van der Waals surface area contributed by atoms with E-state index in [1.165, 1.54) is 0 Å². The molecule has 0 aliphatic carbocycles. The number of pyridine rings is 1. The molecule has 0 fully saturated rings. The first-order chi connectivity index (χ1) is 10.4. The van der Waals surface area contributed by atoms with Crippen molar-refractivity contribution in [2.45, 2.75) is 6.54 Å². The van der Waals surface area contributed by atoms with E-state index in [1.54, 1.807) is 12.4 Å². The van der Waals surface area contributed by atoms with Crippen molar-refractivity contribution in [2.75, 3.05) is 18.5 Å². The topological polar surface area (TPSA) is 72.1 Å². The minimum atomic E-state index is 0.579. The number of nitrogens with zero attached hydrogens (tertiary/aromatic N) is 2. The summed E-state index contributed by atoms with van der Waals surface area (Å²) in [6.07, 6.45) is 3.52. The molecule has 0 radical (unpaired) electrons. The lowest BCUT2D eigenvalue weighted by Gasteiger charge is -2.19. The van der Waals surface area contributed by atoms with Gasteiger partial charge in [0, 0.05) is 17.8 Å². The molecule has 0 saturated carbocycles. The molecule has 21 heavy (non-hydrogen) atoms. The molecule has 1 aliphatic heterocycles. The normalized spacial score (nSPS) is 13.3. The zero-order chi connectivity index (χ0) is 14.1. The number of nitrogens with one attached hydrogen (secondary N) is 2. The summed E-state index contributed by atoms with van der Waals surface area (Å²) in [7, 11) is 0. The number of fused-ring (bicyclic) bond motifs is 2. The number of H-pyrrole nitrogens is 1. The van der Waals surface area contributed by atoms with E-state index < -0.39 is 0 Å². The quantitative estimate of drug-likeness (QED) is 0.771. The molecule has 3 aromatic rings. The number of anilines is 1. The molecule has 3 heterocycles. The van der Waals surface area contributed by atoms with Gasteiger partial charge in [0.25, 0.3) is 0 Å². The standard InChI is InChI=1S/C15H14N4O2/c1-3-16-15(17-9-11-2-4-18-19-11)12-8-14-13(7-10(1)12)20-5-6-21-14/h1-4,7-8H,5-6,9H2,(H,16,17)(H,18,19). The highest BCUT2D eigenvalue weighted by molar-refractivity contribution is 5.94. The van der Waals surface area contributed by atoms with Crippen molar-refractivity contribution in [3.63, 3.8) is 0 Å². The molecule has 0 spiro atoms. The van der Waals surface area contributed by atoms with Crippen LogP contribution in [0.5, 0.6) is 11.5 Å². The fourth-order valence-electron chi connectivity index (χ4n) is 2.41. The van der Waals surface area contributed by atoms with Crippen LogP contribution in [0.2, 0.25) is 0 Å². The van der Waals surface area contributed by atoms with Crippen molar-refractivity contribution in [1.29, 1.82) is 0 Å². The lowest BCUT2D eigenvalue weighted by molar-refractivity contribution is 0.172. The smallest absolute Gasteiger partial charge is 0.162 e. The van der Waals surface area contributed by atoms with Crippen LogP contribution in [0.15, 0.2) is 36.7 Å². The summed E-state index contributed by atoms with van der Waals surface area (Å²) in [6, 6.07) is 7.87. The van der Waals surface area contributed by atoms with Gasteiger partial charge in [0.2, 0.25) is 0 Å². The maximum atomic E-state index is 5.64. The average Bonchev–Trinajstić information content (AvgIpc) is 3.04. The highest BCUT2D eigenvalue weighted by Gasteiger charge is 2.14. The predicted molar refractivity (Wildman–Crippen MR) is 78.6 cm³/mol. The first-order valence-electron chi connectivity index (χ1n) is 6.81. The van der Waals surface area contributed by atoms with Crippen molar-refractivity contribution >= 4 is 16.6 Å². The molecular weight excluding hydrogens is 268 g/mol. The van der Waals surface area contributed by atoms with Crippen LogP contribution >= 0.6 is 0 Å². The molecule has 0 bridgehead atoms. The first-order valence-corrected chi connectivity index (χ1v) is 6.81. The Balaban J connectivity index is 1.71. The Morgan fingerprint density at radius 1 is 1.10 bits per heavy atom. The van der Waals surface area contributed by atoms with Crippen LogP contribution in [0.4, 0.5) is 5.82 Å². The predicted octanol–water partition coefficient (Wildman–Crippen LogP) is 2.34. The van der Waals surface area contributed by atoms with E-state index in [9.17, 15) is 0 Å². The molecule has 0 amide bonds. The molecule has 2 aromatic heterocycles. The van der Waals surface area contributed by atoms with Gasteiger partial charge < -0.3 is 14.8 Å². The van der Waals surface area contributed by atoms with Crippen molar-refractivity contribution in [1.82, 2.24) is 15.2 Å². The number of hydrogen-bond acceptors (Lipinski definition) is 5. The van der Waals surface area contributed by atoms with Crippen molar-refractivity contribution in [3.8, 4) is 11.5 Å². The Bertz CT molecular complexity index is 771. The number of aromatic amines is 1. The molecule has 4 rings (SSSR count). The monoisotopic (exact) mass is 282 g/mol. The van der Waals surface area contributed by atoms with Gasteiger partial charge in [-0.2, -0.15) is 5.10 Å². The van der Waals surface area contributed by atoms with Crippen LogP contribution < -0.4 is 14.8 Å². The highest BCUT2D eigenvalue weighted by atomic mass is 16.6. The van der Waals surface area contributed by atoms with E-state index in [-0.39, 0.29) is 0 Å². The van der Waals surface area contributed by atoms with Gasteiger partial charge in [-0.05, 0) is 29.7 Å². The zero-order valence-electron chi connectivity index (χ0n) is 11.3. The number of ether oxygens (including phenoxy) is 2. The van der Waals surface area contributed by atoms with Crippen LogP contribution in [0.25, 0.3) is 10.8 Å². The van der Waals surface area contributed by atoms with Gasteiger partial charge in [0.15, 0.2) is 11.5 Å². The first kappa shape index (κ1) is 12.0. The Labute approximate surface area is 121 Å². The third-order valence-corrected chi connectivity index (χ3v) is 3.43. The summed E-state index contributed by atoms with van der Waals surface area (Å²) in [5.74, 6) is 2.38. The SMILES string of the molecule is c1cc(CNc2nccc3cc4c(cc23)OCCO4)[nH]n1. The molecule has 106 valence electrons. The highest BCUT2D eigenvalue weighted by Crippen LogP contribution is 2.36. The van der Waals surface area contributed by atoms with Gasteiger partial charge >= 0.3 is 0 Å². The van der Waals surface area contributed by atoms with Crippen LogP contribution in [0.1, 0.15) is 5.69 Å². The summed E-state index contributed by atoms with van der Waals surface area (Å²) < 4.78 is 11.3. The summed E-state index contributed by atoms with van der Waals surface area (Å²) in [6.45, 7) is 1.81. The van der Waals surface area contributed by atoms with Crippen LogP contribution in [0.3, 0.4) is 0 Å². The summed E-state index contributed by atoms with van der Waals surface area (Å²) in [5, 5.41) is 12.3. The number of hydrogen-bond donors (Lipinski definition) is 2. The largest absolute Gasteiger partial charge is 0.486 e. The molecule has 0 atom stereocenters. The fourth-order valence-corrected chi connectivity index (χ4v) is 2.41. The second kappa shape index (κ2) is 4.97. The number of benzene rings is 1. The van der Waals surface area contributed by atoms with Gasteiger partial charge in [0.1, 0.15) is 19.0 Å². The summed E-state index contributed by atoms with van der Waals surface area (Å²) >= 11 is 0. The van der Waals surface area contributed by atoms with E-state index >= 15 is 0 Å². The zero-order valence-corrected chi connectivity index (χ0v) is 11.3. The maximum Gasteiger partial charge on any atom is 0.162 e. The Morgan fingerprint density at radius 2 is 1.95 bits per heavy atom. The van der Waals surface area contributed by atoms with E-state index in [1.807, 2.05) is 24.3 Å². The second-order valence-corrected chi connectivity index (χ2v) is 4.81. The van der Waals surface area contributed by atoms with Gasteiger partial charge in [0.05, 0.1) is 12.2 Å². The maximum absolute atomic E-state index is 5.64. The van der Waals surface area contributed by atoms with Crippen molar-refractivity contribution in [2.24, 2.45) is 0 Å². The van der Waals surface area contributed by atoms with Crippen LogP contribution in [-0.2, 0) is 6.54 Å². The third kappa shape index (κ3) is 2.24. The van der Waals surface area contributed by atoms with E-state index in [0.717, 1.165) is 33.8 Å². The lowest BCUT2D eigenvalue weighted by atomic mass is 10.1. The fraction of sp³-hybridized carbons (Fsp3) is 0.200. The second-order valence-electron chi connectivity index (χ2n) is 4.81. The average molecular weight is 282 g/mol. The van der Waals surface area contributed by atoms with Gasteiger partial charge in [-0.15, -0.1) is 0 Å². The van der Waals surface area contributed by atoms with E-state index in [0.29, 0.717) is 19.8 Å². The van der Waals surface area contributed by atoms with Crippen molar-refractivity contribution < 1.29 is 9.47 Å². The van der Waals surface area contributed by atoms with Crippen LogP contribution in [-0.4, -0.2) is 28.4 Å².